The van der Waals surface area contributed by atoms with Crippen molar-refractivity contribution in [1.29, 1.82) is 0 Å². The lowest BCUT2D eigenvalue weighted by Gasteiger charge is -2.18. The zero-order valence-corrected chi connectivity index (χ0v) is 10.9. The van der Waals surface area contributed by atoms with Crippen molar-refractivity contribution < 1.29 is 14.0 Å². The number of benzene rings is 1. The number of halogens is 1. The summed E-state index contributed by atoms with van der Waals surface area (Å²) in [5.41, 5.74) is 5.71. The second-order valence-corrected chi connectivity index (χ2v) is 4.56. The maximum atomic E-state index is 12.7. The van der Waals surface area contributed by atoms with Gasteiger partial charge in [0.15, 0.2) is 0 Å². The molecule has 0 bridgehead atoms. The predicted octanol–water partition coefficient (Wildman–Crippen LogP) is 0.864. The number of nitrogens with one attached hydrogen (secondary N) is 2. The third kappa shape index (κ3) is 5.05. The van der Waals surface area contributed by atoms with Crippen LogP contribution < -0.4 is 16.4 Å². The molecule has 0 aliphatic carbocycles. The second kappa shape index (κ2) is 6.84. The molecule has 0 spiro atoms. The molecule has 0 saturated heterocycles. The molecule has 0 aliphatic heterocycles. The van der Waals surface area contributed by atoms with Gasteiger partial charge in [0.25, 0.3) is 0 Å². The Labute approximate surface area is 111 Å². The van der Waals surface area contributed by atoms with Gasteiger partial charge in [-0.3, -0.25) is 14.9 Å². The number of nitrogens with two attached hydrogens (primary N) is 1. The van der Waals surface area contributed by atoms with Crippen molar-refractivity contribution in [2.75, 3.05) is 11.9 Å². The summed E-state index contributed by atoms with van der Waals surface area (Å²) in [5.74, 6) is -1.19. The van der Waals surface area contributed by atoms with Gasteiger partial charge in [0.05, 0.1) is 12.6 Å². The molecule has 1 unspecified atom stereocenters. The zero-order valence-electron chi connectivity index (χ0n) is 10.9. The Bertz CT molecular complexity index is 446. The lowest BCUT2D eigenvalue weighted by Crippen LogP contribution is -2.47. The topological polar surface area (TPSA) is 84.2 Å². The Hall–Kier alpha value is -1.95. The van der Waals surface area contributed by atoms with Gasteiger partial charge < -0.3 is 11.1 Å². The van der Waals surface area contributed by atoms with Crippen molar-refractivity contribution in [2.45, 2.75) is 19.9 Å². The normalized spacial score (nSPS) is 12.2. The Morgan fingerprint density at radius 1 is 1.26 bits per heavy atom. The first-order valence-corrected chi connectivity index (χ1v) is 5.98. The van der Waals surface area contributed by atoms with Gasteiger partial charge in [0.1, 0.15) is 5.82 Å². The summed E-state index contributed by atoms with van der Waals surface area (Å²) in [6.07, 6.45) is 0. The molecule has 0 aromatic heterocycles. The minimum atomic E-state index is -0.557. The molecule has 2 amide bonds. The van der Waals surface area contributed by atoms with E-state index in [4.69, 9.17) is 5.73 Å². The number of hydrogen-bond donors (Lipinski definition) is 3. The summed E-state index contributed by atoms with van der Waals surface area (Å²) < 4.78 is 12.7. The van der Waals surface area contributed by atoms with Crippen molar-refractivity contribution in [1.82, 2.24) is 5.32 Å². The highest BCUT2D eigenvalue weighted by Gasteiger charge is 2.19. The zero-order chi connectivity index (χ0) is 14.4. The van der Waals surface area contributed by atoms with Gasteiger partial charge in [0.2, 0.25) is 11.8 Å². The molecule has 1 rings (SSSR count). The van der Waals surface area contributed by atoms with Gasteiger partial charge in [-0.25, -0.2) is 4.39 Å². The van der Waals surface area contributed by atoms with E-state index in [9.17, 15) is 14.0 Å². The van der Waals surface area contributed by atoms with Gasteiger partial charge in [-0.05, 0) is 30.2 Å². The van der Waals surface area contributed by atoms with Crippen LogP contribution >= 0.6 is 0 Å². The lowest BCUT2D eigenvalue weighted by atomic mass is 10.0. The molecule has 0 fully saturated rings. The van der Waals surface area contributed by atoms with Gasteiger partial charge in [-0.1, -0.05) is 13.8 Å². The molecule has 4 N–H and O–H groups in total. The molecular formula is C13H18FN3O2. The molecule has 1 atom stereocenters. The Morgan fingerprint density at radius 2 is 1.84 bits per heavy atom. The number of hydrogen-bond acceptors (Lipinski definition) is 3. The lowest BCUT2D eigenvalue weighted by molar-refractivity contribution is -0.121. The van der Waals surface area contributed by atoms with Crippen LogP contribution in [0.2, 0.25) is 0 Å². The summed E-state index contributed by atoms with van der Waals surface area (Å²) in [6.45, 7) is 3.63. The van der Waals surface area contributed by atoms with E-state index in [0.29, 0.717) is 5.69 Å². The molecule has 6 heteroatoms. The van der Waals surface area contributed by atoms with Gasteiger partial charge >= 0.3 is 0 Å². The van der Waals surface area contributed by atoms with Crippen molar-refractivity contribution in [3.05, 3.63) is 30.1 Å². The average molecular weight is 267 g/mol. The molecule has 19 heavy (non-hydrogen) atoms. The van der Waals surface area contributed by atoms with Crippen LogP contribution in [-0.2, 0) is 9.59 Å². The molecule has 0 heterocycles. The maximum absolute atomic E-state index is 12.7. The molecule has 1 aromatic carbocycles. The average Bonchev–Trinajstić information content (AvgIpc) is 2.31. The number of carbonyl (C=O) groups excluding carboxylic acids is 2. The van der Waals surface area contributed by atoms with E-state index in [1.165, 1.54) is 24.3 Å². The van der Waals surface area contributed by atoms with E-state index in [1.807, 2.05) is 13.8 Å². The van der Waals surface area contributed by atoms with E-state index in [0.717, 1.165) is 0 Å². The monoisotopic (exact) mass is 267 g/mol. The number of amides is 2. The molecule has 0 radical (unpaired) electrons. The quantitative estimate of drug-likeness (QED) is 0.715. The van der Waals surface area contributed by atoms with E-state index >= 15 is 0 Å². The standard InChI is InChI=1S/C13H18FN3O2/c1-8(2)12(13(15)19)16-7-11(18)17-10-5-3-9(14)4-6-10/h3-6,8,12,16H,7H2,1-2H3,(H2,15,19)(H,17,18). The van der Waals surface area contributed by atoms with Crippen LogP contribution in [0.25, 0.3) is 0 Å². The number of rotatable bonds is 6. The van der Waals surface area contributed by atoms with Crippen molar-refractivity contribution in [3.8, 4) is 0 Å². The fourth-order valence-electron chi connectivity index (χ4n) is 1.61. The predicted molar refractivity (Wildman–Crippen MR) is 70.9 cm³/mol. The number of carbonyl (C=O) groups is 2. The third-order valence-electron chi connectivity index (χ3n) is 2.58. The summed E-state index contributed by atoms with van der Waals surface area (Å²) in [4.78, 5) is 22.8. The van der Waals surface area contributed by atoms with Crippen molar-refractivity contribution >= 4 is 17.5 Å². The highest BCUT2D eigenvalue weighted by Crippen LogP contribution is 2.07. The molecule has 5 nitrogen and oxygen atoms in total. The van der Waals surface area contributed by atoms with E-state index < -0.39 is 11.9 Å². The summed E-state index contributed by atoms with van der Waals surface area (Å²) >= 11 is 0. The molecule has 104 valence electrons. The van der Waals surface area contributed by atoms with Crippen LogP contribution in [0.4, 0.5) is 10.1 Å². The highest BCUT2D eigenvalue weighted by atomic mass is 19.1. The fraction of sp³-hybridized carbons (Fsp3) is 0.385. The number of anilines is 1. The second-order valence-electron chi connectivity index (χ2n) is 4.56. The number of primary amides is 1. The van der Waals surface area contributed by atoms with Gasteiger partial charge in [0, 0.05) is 5.69 Å². The summed E-state index contributed by atoms with van der Waals surface area (Å²) in [5, 5.41) is 5.37. The van der Waals surface area contributed by atoms with Gasteiger partial charge in [-0.2, -0.15) is 0 Å². The molecule has 0 aliphatic rings. The first-order chi connectivity index (χ1) is 8.90. The van der Waals surface area contributed by atoms with Crippen LogP contribution in [0.15, 0.2) is 24.3 Å². The minimum Gasteiger partial charge on any atom is -0.368 e. The first kappa shape index (κ1) is 15.1. The summed E-state index contributed by atoms with van der Waals surface area (Å²) in [7, 11) is 0. The Balaban J connectivity index is 2.47. The summed E-state index contributed by atoms with van der Waals surface area (Å²) in [6, 6.07) is 4.87. The van der Waals surface area contributed by atoms with Crippen LogP contribution in [-0.4, -0.2) is 24.4 Å². The minimum absolute atomic E-state index is 0.00359. The molecule has 0 saturated carbocycles. The van der Waals surface area contributed by atoms with Crippen LogP contribution in [0.3, 0.4) is 0 Å². The van der Waals surface area contributed by atoms with Crippen molar-refractivity contribution in [3.63, 3.8) is 0 Å². The maximum Gasteiger partial charge on any atom is 0.238 e. The van der Waals surface area contributed by atoms with Crippen LogP contribution in [0.5, 0.6) is 0 Å². The fourth-order valence-corrected chi connectivity index (χ4v) is 1.61. The molecular weight excluding hydrogens is 249 g/mol. The first-order valence-electron chi connectivity index (χ1n) is 5.98. The highest BCUT2D eigenvalue weighted by molar-refractivity contribution is 5.92. The van der Waals surface area contributed by atoms with E-state index in [-0.39, 0.29) is 24.2 Å². The Kier molecular flexibility index (Phi) is 5.44. The SMILES string of the molecule is CC(C)C(NCC(=O)Nc1ccc(F)cc1)C(N)=O. The van der Waals surface area contributed by atoms with Crippen LogP contribution in [0, 0.1) is 11.7 Å². The smallest absolute Gasteiger partial charge is 0.238 e. The Morgan fingerprint density at radius 3 is 2.32 bits per heavy atom. The third-order valence-corrected chi connectivity index (χ3v) is 2.58. The van der Waals surface area contributed by atoms with Crippen LogP contribution in [0.1, 0.15) is 13.8 Å². The van der Waals surface area contributed by atoms with Gasteiger partial charge in [-0.15, -0.1) is 0 Å². The van der Waals surface area contributed by atoms with E-state index in [2.05, 4.69) is 10.6 Å². The molecule has 1 aromatic rings. The largest absolute Gasteiger partial charge is 0.368 e. The van der Waals surface area contributed by atoms with Crippen molar-refractivity contribution in [2.24, 2.45) is 11.7 Å². The van der Waals surface area contributed by atoms with E-state index in [1.54, 1.807) is 0 Å².